The number of sulfonamides is 1. The van der Waals surface area contributed by atoms with Crippen LogP contribution >= 0.6 is 0 Å². The third-order valence-electron chi connectivity index (χ3n) is 2.57. The Bertz CT molecular complexity index is 544. The molecule has 0 saturated carbocycles. The maximum atomic E-state index is 12.0. The van der Waals surface area contributed by atoms with Gasteiger partial charge in [0.1, 0.15) is 0 Å². The van der Waals surface area contributed by atoms with E-state index in [1.54, 1.807) is 38.2 Å². The van der Waals surface area contributed by atoms with Crippen molar-refractivity contribution in [2.24, 2.45) is 0 Å². The summed E-state index contributed by atoms with van der Waals surface area (Å²) in [6, 6.07) is 6.57. The van der Waals surface area contributed by atoms with Crippen LogP contribution in [0.25, 0.3) is 0 Å². The van der Waals surface area contributed by atoms with Crippen LogP contribution in [0.4, 0.5) is 5.69 Å². The van der Waals surface area contributed by atoms with Gasteiger partial charge in [0, 0.05) is 13.1 Å². The molecule has 0 aliphatic rings. The van der Waals surface area contributed by atoms with E-state index in [2.05, 4.69) is 15.4 Å². The number of hydrogen-bond donors (Lipinski definition) is 3. The first-order valence-corrected chi connectivity index (χ1v) is 8.17. The minimum absolute atomic E-state index is 0.0305. The highest BCUT2D eigenvalue weighted by atomic mass is 32.2. The highest BCUT2D eigenvalue weighted by Gasteiger charge is 2.15. The topological polar surface area (TPSA) is 87.3 Å². The molecule has 112 valence electrons. The van der Waals surface area contributed by atoms with Crippen molar-refractivity contribution in [2.75, 3.05) is 30.6 Å². The Morgan fingerprint density at radius 2 is 1.90 bits per heavy atom. The number of hydrogen-bond acceptors (Lipinski definition) is 4. The summed E-state index contributed by atoms with van der Waals surface area (Å²) >= 11 is 0. The fraction of sp³-hybridized carbons (Fsp3) is 0.462. The van der Waals surface area contributed by atoms with Crippen molar-refractivity contribution in [3.05, 3.63) is 29.8 Å². The van der Waals surface area contributed by atoms with E-state index in [0.29, 0.717) is 30.8 Å². The normalized spacial score (nSPS) is 11.1. The summed E-state index contributed by atoms with van der Waals surface area (Å²) in [6.45, 7) is 2.91. The number of likely N-dealkylation sites (N-methyl/N-ethyl adjacent to an activating group) is 1. The molecule has 0 radical (unpaired) electrons. The molecule has 0 aliphatic heterocycles. The van der Waals surface area contributed by atoms with Crippen molar-refractivity contribution in [1.82, 2.24) is 10.6 Å². The number of para-hydroxylation sites is 1. The Labute approximate surface area is 120 Å². The van der Waals surface area contributed by atoms with Gasteiger partial charge in [0.25, 0.3) is 5.91 Å². The van der Waals surface area contributed by atoms with Gasteiger partial charge in [-0.05, 0) is 25.6 Å². The molecule has 1 rings (SSSR count). The maximum Gasteiger partial charge on any atom is 0.253 e. The number of nitrogens with one attached hydrogen (secondary N) is 3. The van der Waals surface area contributed by atoms with E-state index in [1.807, 2.05) is 0 Å². The molecule has 0 spiro atoms. The van der Waals surface area contributed by atoms with Crippen LogP contribution in [0.2, 0.25) is 0 Å². The van der Waals surface area contributed by atoms with E-state index >= 15 is 0 Å². The van der Waals surface area contributed by atoms with Gasteiger partial charge in [-0.1, -0.05) is 19.1 Å². The predicted octanol–water partition coefficient (Wildman–Crippen LogP) is 0.788. The molecule has 7 heteroatoms. The molecule has 1 aromatic rings. The summed E-state index contributed by atoms with van der Waals surface area (Å²) in [7, 11) is -1.62. The zero-order chi connectivity index (χ0) is 15.0. The molecule has 0 aromatic heterocycles. The Kier molecular flexibility index (Phi) is 6.47. The fourth-order valence-electron chi connectivity index (χ4n) is 1.65. The van der Waals surface area contributed by atoms with Gasteiger partial charge in [-0.3, -0.25) is 9.52 Å². The standard InChI is InChI=1S/C13H21N3O3S/c1-3-10-20(18,19)16-12-7-5-4-6-11(12)13(17)15-9-8-14-2/h4-7,14,16H,3,8-10H2,1-2H3,(H,15,17). The second-order valence-corrected chi connectivity index (χ2v) is 6.17. The van der Waals surface area contributed by atoms with Gasteiger partial charge in [0.15, 0.2) is 0 Å². The number of rotatable bonds is 8. The average molecular weight is 299 g/mol. The van der Waals surface area contributed by atoms with Crippen LogP contribution < -0.4 is 15.4 Å². The van der Waals surface area contributed by atoms with Crippen molar-refractivity contribution in [2.45, 2.75) is 13.3 Å². The van der Waals surface area contributed by atoms with Crippen LogP contribution in [0, 0.1) is 0 Å². The van der Waals surface area contributed by atoms with Crippen LogP contribution in [0.15, 0.2) is 24.3 Å². The first-order valence-electron chi connectivity index (χ1n) is 6.52. The van der Waals surface area contributed by atoms with Crippen LogP contribution in [0.3, 0.4) is 0 Å². The summed E-state index contributed by atoms with van der Waals surface area (Å²) in [6.07, 6.45) is 0.520. The molecule has 0 bridgehead atoms. The number of carbonyl (C=O) groups excluding carboxylic acids is 1. The van der Waals surface area contributed by atoms with Gasteiger partial charge >= 0.3 is 0 Å². The largest absolute Gasteiger partial charge is 0.351 e. The van der Waals surface area contributed by atoms with Gasteiger partial charge < -0.3 is 10.6 Å². The molecule has 0 saturated heterocycles. The Morgan fingerprint density at radius 1 is 1.20 bits per heavy atom. The van der Waals surface area contributed by atoms with Crippen molar-refractivity contribution in [3.8, 4) is 0 Å². The van der Waals surface area contributed by atoms with Gasteiger partial charge in [0.2, 0.25) is 10.0 Å². The molecule has 0 fully saturated rings. The molecule has 0 atom stereocenters. The SMILES string of the molecule is CCCS(=O)(=O)Nc1ccccc1C(=O)NCCNC. The lowest BCUT2D eigenvalue weighted by atomic mass is 10.1. The molecule has 6 nitrogen and oxygen atoms in total. The lowest BCUT2D eigenvalue weighted by molar-refractivity contribution is 0.0955. The molecule has 0 heterocycles. The van der Waals surface area contributed by atoms with E-state index in [0.717, 1.165) is 0 Å². The molecule has 1 aromatic carbocycles. The molecule has 0 aliphatic carbocycles. The van der Waals surface area contributed by atoms with Gasteiger partial charge in [-0.15, -0.1) is 0 Å². The van der Waals surface area contributed by atoms with Gasteiger partial charge in [0.05, 0.1) is 17.0 Å². The molecule has 3 N–H and O–H groups in total. The first-order chi connectivity index (χ1) is 9.50. The summed E-state index contributed by atoms with van der Waals surface area (Å²) in [5.74, 6) is -0.266. The van der Waals surface area contributed by atoms with Crippen LogP contribution in [-0.2, 0) is 10.0 Å². The number of anilines is 1. The summed E-state index contributed by atoms with van der Waals surface area (Å²) < 4.78 is 26.0. The highest BCUT2D eigenvalue weighted by molar-refractivity contribution is 7.92. The van der Waals surface area contributed by atoms with Crippen LogP contribution in [0.1, 0.15) is 23.7 Å². The maximum absolute atomic E-state index is 12.0. The summed E-state index contributed by atoms with van der Waals surface area (Å²) in [5, 5.41) is 5.64. The second kappa shape index (κ2) is 7.86. The molecular formula is C13H21N3O3S. The molecular weight excluding hydrogens is 278 g/mol. The van der Waals surface area contributed by atoms with Crippen LogP contribution in [-0.4, -0.2) is 40.2 Å². The van der Waals surface area contributed by atoms with Gasteiger partial charge in [-0.2, -0.15) is 0 Å². The van der Waals surface area contributed by atoms with E-state index in [9.17, 15) is 13.2 Å². The Balaban J connectivity index is 2.85. The molecule has 0 unspecified atom stereocenters. The zero-order valence-corrected chi connectivity index (χ0v) is 12.6. The highest BCUT2D eigenvalue weighted by Crippen LogP contribution is 2.16. The predicted molar refractivity (Wildman–Crippen MR) is 80.4 cm³/mol. The lowest BCUT2D eigenvalue weighted by Crippen LogP contribution is -2.31. The summed E-state index contributed by atoms with van der Waals surface area (Å²) in [4.78, 5) is 12.0. The minimum atomic E-state index is -3.41. The number of benzene rings is 1. The zero-order valence-electron chi connectivity index (χ0n) is 11.8. The van der Waals surface area contributed by atoms with Crippen molar-refractivity contribution >= 4 is 21.6 Å². The van der Waals surface area contributed by atoms with E-state index in [4.69, 9.17) is 0 Å². The van der Waals surface area contributed by atoms with Crippen LogP contribution in [0.5, 0.6) is 0 Å². The van der Waals surface area contributed by atoms with E-state index < -0.39 is 10.0 Å². The third kappa shape index (κ3) is 5.18. The van der Waals surface area contributed by atoms with Gasteiger partial charge in [-0.25, -0.2) is 8.42 Å². The van der Waals surface area contributed by atoms with Crippen molar-refractivity contribution < 1.29 is 13.2 Å². The third-order valence-corrected chi connectivity index (χ3v) is 4.05. The van der Waals surface area contributed by atoms with Crippen molar-refractivity contribution in [3.63, 3.8) is 0 Å². The Morgan fingerprint density at radius 3 is 2.55 bits per heavy atom. The molecule has 1 amide bonds. The fourth-order valence-corrected chi connectivity index (χ4v) is 2.81. The second-order valence-electron chi connectivity index (χ2n) is 4.33. The van der Waals surface area contributed by atoms with E-state index in [1.165, 1.54) is 0 Å². The average Bonchev–Trinajstić information content (AvgIpc) is 2.39. The molecule has 20 heavy (non-hydrogen) atoms. The van der Waals surface area contributed by atoms with E-state index in [-0.39, 0.29) is 11.7 Å². The summed E-state index contributed by atoms with van der Waals surface area (Å²) in [5.41, 5.74) is 0.631. The minimum Gasteiger partial charge on any atom is -0.351 e. The Hall–Kier alpha value is -1.60. The smallest absolute Gasteiger partial charge is 0.253 e. The quantitative estimate of drug-likeness (QED) is 0.619. The first kappa shape index (κ1) is 16.5. The number of amides is 1. The lowest BCUT2D eigenvalue weighted by Gasteiger charge is -2.12. The monoisotopic (exact) mass is 299 g/mol. The number of carbonyl (C=O) groups is 1. The van der Waals surface area contributed by atoms with Crippen molar-refractivity contribution in [1.29, 1.82) is 0 Å².